The summed E-state index contributed by atoms with van der Waals surface area (Å²) in [6.45, 7) is 3.80. The van der Waals surface area contributed by atoms with E-state index in [9.17, 15) is 14.4 Å². The van der Waals surface area contributed by atoms with E-state index in [1.165, 1.54) is 11.8 Å². The van der Waals surface area contributed by atoms with E-state index in [0.717, 1.165) is 0 Å². The Hall–Kier alpha value is -4.01. The van der Waals surface area contributed by atoms with Crippen LogP contribution >= 0.6 is 11.6 Å². The summed E-state index contributed by atoms with van der Waals surface area (Å²) in [5.74, 6) is -0.984. The Morgan fingerprint density at radius 1 is 0.946 bits per heavy atom. The van der Waals surface area contributed by atoms with Crippen LogP contribution in [0.4, 0.5) is 0 Å². The molecule has 5 rings (SSSR count). The van der Waals surface area contributed by atoms with E-state index < -0.39 is 11.9 Å². The third-order valence-corrected chi connectivity index (χ3v) is 6.75. The van der Waals surface area contributed by atoms with E-state index in [2.05, 4.69) is 5.10 Å². The molecule has 0 atom stereocenters. The molecule has 37 heavy (non-hydrogen) atoms. The van der Waals surface area contributed by atoms with Crippen molar-refractivity contribution >= 4 is 40.3 Å². The van der Waals surface area contributed by atoms with Gasteiger partial charge in [-0.3, -0.25) is 9.59 Å². The Kier molecular flexibility index (Phi) is 6.78. The van der Waals surface area contributed by atoms with Gasteiger partial charge in [-0.05, 0) is 48.9 Å². The molecule has 0 bridgehead atoms. The number of fused-ring (bicyclic) bond motifs is 1. The van der Waals surface area contributed by atoms with Gasteiger partial charge in [0.25, 0.3) is 11.8 Å². The van der Waals surface area contributed by atoms with Gasteiger partial charge >= 0.3 is 5.97 Å². The van der Waals surface area contributed by atoms with Gasteiger partial charge in [-0.25, -0.2) is 4.79 Å². The SMILES string of the molecule is COC(=O)c1ccc(-c2nn(C(=O)c3c(C)cccc3Cl)c3cc(C(=O)N4CCOCC4)ccc23)cc1. The molecule has 2 heterocycles. The second-order valence-corrected chi connectivity index (χ2v) is 9.11. The van der Waals surface area contributed by atoms with Crippen molar-refractivity contribution in [1.29, 1.82) is 0 Å². The van der Waals surface area contributed by atoms with E-state index in [1.807, 2.05) is 13.0 Å². The molecule has 0 unspecified atom stereocenters. The number of rotatable bonds is 4. The fourth-order valence-corrected chi connectivity index (χ4v) is 4.76. The number of carbonyl (C=O) groups excluding carboxylic acids is 3. The van der Waals surface area contributed by atoms with Crippen LogP contribution in [0.5, 0.6) is 0 Å². The first-order chi connectivity index (χ1) is 17.9. The molecule has 188 valence electrons. The second-order valence-electron chi connectivity index (χ2n) is 8.70. The van der Waals surface area contributed by atoms with E-state index in [4.69, 9.17) is 21.1 Å². The van der Waals surface area contributed by atoms with Crippen molar-refractivity contribution in [3.05, 3.63) is 87.9 Å². The Bertz CT molecular complexity index is 1500. The standard InChI is InChI=1S/C28H24ClN3O5/c1-17-4-3-5-22(29)24(17)27(34)32-23-16-20(26(33)31-12-14-37-15-13-31)10-11-21(23)25(30-32)18-6-8-19(9-7-18)28(35)36-2/h3-11,16H,12-15H2,1-2H3. The number of methoxy groups -OCH3 is 1. The number of nitrogens with zero attached hydrogens (tertiary/aromatic N) is 3. The van der Waals surface area contributed by atoms with Crippen LogP contribution in [0.15, 0.2) is 60.7 Å². The van der Waals surface area contributed by atoms with Crippen molar-refractivity contribution in [1.82, 2.24) is 14.7 Å². The number of benzene rings is 3. The number of hydrogen-bond donors (Lipinski definition) is 0. The highest BCUT2D eigenvalue weighted by Gasteiger charge is 2.24. The molecule has 1 amide bonds. The first-order valence-corrected chi connectivity index (χ1v) is 12.1. The number of aryl methyl sites for hydroxylation is 1. The summed E-state index contributed by atoms with van der Waals surface area (Å²) in [5.41, 5.74) is 3.62. The average Bonchev–Trinajstić information content (AvgIpc) is 3.31. The third kappa shape index (κ3) is 4.61. The van der Waals surface area contributed by atoms with Crippen LogP contribution in [0.2, 0.25) is 5.02 Å². The number of aromatic nitrogens is 2. The molecule has 0 saturated carbocycles. The van der Waals surface area contributed by atoms with Gasteiger partial charge in [-0.2, -0.15) is 9.78 Å². The number of hydrogen-bond acceptors (Lipinski definition) is 6. The summed E-state index contributed by atoms with van der Waals surface area (Å²) in [4.78, 5) is 40.6. The maximum atomic E-state index is 13.8. The lowest BCUT2D eigenvalue weighted by Crippen LogP contribution is -2.40. The van der Waals surface area contributed by atoms with E-state index in [0.29, 0.717) is 75.7 Å². The highest BCUT2D eigenvalue weighted by atomic mass is 35.5. The molecule has 0 radical (unpaired) electrons. The zero-order valence-electron chi connectivity index (χ0n) is 20.4. The van der Waals surface area contributed by atoms with Crippen LogP contribution in [-0.4, -0.2) is 65.9 Å². The van der Waals surface area contributed by atoms with Crippen LogP contribution < -0.4 is 0 Å². The monoisotopic (exact) mass is 517 g/mol. The molecule has 8 nitrogen and oxygen atoms in total. The average molecular weight is 518 g/mol. The Morgan fingerprint density at radius 2 is 1.65 bits per heavy atom. The Balaban J connectivity index is 1.65. The summed E-state index contributed by atoms with van der Waals surface area (Å²) in [5, 5.41) is 5.67. The fraction of sp³-hybridized carbons (Fsp3) is 0.214. The quantitative estimate of drug-likeness (QED) is 0.367. The maximum Gasteiger partial charge on any atom is 0.337 e. The van der Waals surface area contributed by atoms with Crippen molar-refractivity contribution < 1.29 is 23.9 Å². The normalized spacial score (nSPS) is 13.5. The van der Waals surface area contributed by atoms with Gasteiger partial charge < -0.3 is 14.4 Å². The number of esters is 1. The van der Waals surface area contributed by atoms with Crippen molar-refractivity contribution in [2.45, 2.75) is 6.92 Å². The fourth-order valence-electron chi connectivity index (χ4n) is 4.46. The summed E-state index contributed by atoms with van der Waals surface area (Å²) in [6, 6.07) is 17.3. The molecule has 1 fully saturated rings. The lowest BCUT2D eigenvalue weighted by Gasteiger charge is -2.26. The molecule has 4 aromatic rings. The van der Waals surface area contributed by atoms with Gasteiger partial charge in [0.1, 0.15) is 5.69 Å². The van der Waals surface area contributed by atoms with Gasteiger partial charge in [-0.1, -0.05) is 35.9 Å². The first kappa shape index (κ1) is 24.7. The van der Waals surface area contributed by atoms with Gasteiger partial charge in [0.15, 0.2) is 0 Å². The minimum absolute atomic E-state index is 0.136. The number of amides is 1. The van der Waals surface area contributed by atoms with Crippen molar-refractivity contribution in [3.63, 3.8) is 0 Å². The number of morpholine rings is 1. The summed E-state index contributed by atoms with van der Waals surface area (Å²) < 4.78 is 11.4. The summed E-state index contributed by atoms with van der Waals surface area (Å²) >= 11 is 6.41. The maximum absolute atomic E-state index is 13.8. The molecule has 1 aromatic heterocycles. The summed E-state index contributed by atoms with van der Waals surface area (Å²) in [7, 11) is 1.32. The van der Waals surface area contributed by atoms with Crippen LogP contribution in [0.3, 0.4) is 0 Å². The first-order valence-electron chi connectivity index (χ1n) is 11.8. The lowest BCUT2D eigenvalue weighted by atomic mass is 10.0. The van der Waals surface area contributed by atoms with E-state index in [1.54, 1.807) is 59.5 Å². The molecule has 0 spiro atoms. The molecule has 9 heteroatoms. The topological polar surface area (TPSA) is 90.7 Å². The second kappa shape index (κ2) is 10.2. The highest BCUT2D eigenvalue weighted by Crippen LogP contribution is 2.31. The van der Waals surface area contributed by atoms with Crippen LogP contribution in [0.1, 0.15) is 36.6 Å². The van der Waals surface area contributed by atoms with Gasteiger partial charge in [0.05, 0.1) is 42.0 Å². The molecule has 0 aliphatic carbocycles. The lowest BCUT2D eigenvalue weighted by molar-refractivity contribution is 0.0303. The van der Waals surface area contributed by atoms with Gasteiger partial charge in [0.2, 0.25) is 0 Å². The zero-order chi connectivity index (χ0) is 26.1. The number of carbonyl (C=O) groups is 3. The molecule has 1 aliphatic rings. The van der Waals surface area contributed by atoms with E-state index >= 15 is 0 Å². The minimum Gasteiger partial charge on any atom is -0.465 e. The largest absolute Gasteiger partial charge is 0.465 e. The highest BCUT2D eigenvalue weighted by molar-refractivity contribution is 6.34. The van der Waals surface area contributed by atoms with Gasteiger partial charge in [0, 0.05) is 29.6 Å². The van der Waals surface area contributed by atoms with E-state index in [-0.39, 0.29) is 5.91 Å². The van der Waals surface area contributed by atoms with Gasteiger partial charge in [-0.15, -0.1) is 0 Å². The molecule has 1 aliphatic heterocycles. The van der Waals surface area contributed by atoms with Crippen molar-refractivity contribution in [2.24, 2.45) is 0 Å². The van der Waals surface area contributed by atoms with Crippen LogP contribution in [-0.2, 0) is 9.47 Å². The Morgan fingerprint density at radius 3 is 2.32 bits per heavy atom. The molecule has 0 N–H and O–H groups in total. The smallest absolute Gasteiger partial charge is 0.337 e. The predicted molar refractivity (Wildman–Crippen MR) is 139 cm³/mol. The summed E-state index contributed by atoms with van der Waals surface area (Å²) in [6.07, 6.45) is 0. The van der Waals surface area contributed by atoms with Crippen LogP contribution in [0, 0.1) is 6.92 Å². The van der Waals surface area contributed by atoms with Crippen LogP contribution in [0.25, 0.3) is 22.2 Å². The third-order valence-electron chi connectivity index (χ3n) is 6.43. The molecular weight excluding hydrogens is 494 g/mol. The molecular formula is C28H24ClN3O5. The molecule has 3 aromatic carbocycles. The van der Waals surface area contributed by atoms with Crippen molar-refractivity contribution in [2.75, 3.05) is 33.4 Å². The van der Waals surface area contributed by atoms with Crippen molar-refractivity contribution in [3.8, 4) is 11.3 Å². The minimum atomic E-state index is -0.447. The predicted octanol–water partition coefficient (Wildman–Crippen LogP) is 4.61. The Labute approximate surface area is 218 Å². The number of halogens is 1. The molecule has 1 saturated heterocycles. The zero-order valence-corrected chi connectivity index (χ0v) is 21.1. The number of ether oxygens (including phenoxy) is 2.